The van der Waals surface area contributed by atoms with Gasteiger partial charge >= 0.3 is 0 Å². The van der Waals surface area contributed by atoms with E-state index < -0.39 is 0 Å². The van der Waals surface area contributed by atoms with Crippen LogP contribution in [0.1, 0.15) is 15.9 Å². The molecule has 1 heterocycles. The predicted molar refractivity (Wildman–Crippen MR) is 99.6 cm³/mol. The first-order valence-corrected chi connectivity index (χ1v) is 7.88. The lowest BCUT2D eigenvalue weighted by molar-refractivity contribution is 0.102. The first kappa shape index (κ1) is 16.5. The van der Waals surface area contributed by atoms with E-state index in [9.17, 15) is 4.79 Å². The van der Waals surface area contributed by atoms with Crippen molar-refractivity contribution in [1.82, 2.24) is 4.98 Å². The number of hydrogen-bond acceptors (Lipinski definition) is 4. The molecule has 0 aliphatic carbocycles. The first-order chi connectivity index (χ1) is 12.1. The van der Waals surface area contributed by atoms with Gasteiger partial charge in [-0.25, -0.2) is 0 Å². The number of rotatable bonds is 5. The van der Waals surface area contributed by atoms with Crippen LogP contribution >= 0.6 is 0 Å². The normalized spacial score (nSPS) is 10.2. The highest BCUT2D eigenvalue weighted by atomic mass is 16.5. The fourth-order valence-corrected chi connectivity index (χ4v) is 2.34. The van der Waals surface area contributed by atoms with Gasteiger partial charge in [-0.15, -0.1) is 0 Å². The second-order valence-corrected chi connectivity index (χ2v) is 5.64. The molecule has 0 atom stereocenters. The summed E-state index contributed by atoms with van der Waals surface area (Å²) >= 11 is 0. The van der Waals surface area contributed by atoms with Crippen molar-refractivity contribution in [2.45, 2.75) is 6.92 Å². The van der Waals surface area contributed by atoms with E-state index in [-0.39, 0.29) is 5.91 Å². The summed E-state index contributed by atoms with van der Waals surface area (Å²) in [5.41, 5.74) is 3.96. The van der Waals surface area contributed by atoms with Crippen molar-refractivity contribution in [2.75, 3.05) is 17.7 Å². The number of aromatic nitrogens is 1. The van der Waals surface area contributed by atoms with Crippen molar-refractivity contribution in [2.24, 2.45) is 0 Å². The monoisotopic (exact) mass is 333 g/mol. The highest BCUT2D eigenvalue weighted by molar-refractivity contribution is 6.04. The lowest BCUT2D eigenvalue weighted by Crippen LogP contribution is -2.12. The van der Waals surface area contributed by atoms with Crippen LogP contribution in [0.2, 0.25) is 0 Å². The molecule has 1 aromatic heterocycles. The number of hydrogen-bond donors (Lipinski definition) is 2. The Morgan fingerprint density at radius 2 is 1.76 bits per heavy atom. The van der Waals surface area contributed by atoms with Crippen LogP contribution < -0.4 is 15.4 Å². The second-order valence-electron chi connectivity index (χ2n) is 5.64. The zero-order chi connectivity index (χ0) is 17.6. The molecule has 5 nitrogen and oxygen atoms in total. The molecular weight excluding hydrogens is 314 g/mol. The van der Waals surface area contributed by atoms with Crippen LogP contribution in [0.25, 0.3) is 0 Å². The molecule has 5 heteroatoms. The molecule has 126 valence electrons. The third kappa shape index (κ3) is 4.35. The Kier molecular flexibility index (Phi) is 4.95. The molecule has 25 heavy (non-hydrogen) atoms. The fourth-order valence-electron chi connectivity index (χ4n) is 2.34. The van der Waals surface area contributed by atoms with Crippen molar-refractivity contribution in [3.63, 3.8) is 0 Å². The standard InChI is InChI=1S/C20H19N3O2/c1-14-6-8-16(9-7-14)23-20(24)15-10-18(13-21-12-15)22-17-4-3-5-19(11-17)25-2/h3-13,22H,1-2H3,(H,23,24). The first-order valence-electron chi connectivity index (χ1n) is 7.88. The lowest BCUT2D eigenvalue weighted by atomic mass is 10.2. The molecule has 2 aromatic carbocycles. The van der Waals surface area contributed by atoms with E-state index in [1.807, 2.05) is 55.5 Å². The highest BCUT2D eigenvalue weighted by Gasteiger charge is 2.08. The zero-order valence-electron chi connectivity index (χ0n) is 14.1. The van der Waals surface area contributed by atoms with E-state index in [2.05, 4.69) is 15.6 Å². The number of benzene rings is 2. The topological polar surface area (TPSA) is 63.2 Å². The number of carbonyl (C=O) groups excluding carboxylic acids is 1. The van der Waals surface area contributed by atoms with Gasteiger partial charge in [0.15, 0.2) is 0 Å². The molecule has 1 amide bonds. The number of carbonyl (C=O) groups is 1. The van der Waals surface area contributed by atoms with Gasteiger partial charge in [-0.3, -0.25) is 9.78 Å². The number of nitrogens with one attached hydrogen (secondary N) is 2. The highest BCUT2D eigenvalue weighted by Crippen LogP contribution is 2.21. The van der Waals surface area contributed by atoms with Crippen LogP contribution in [0.5, 0.6) is 5.75 Å². The van der Waals surface area contributed by atoms with Gasteiger partial charge in [0.1, 0.15) is 5.75 Å². The molecule has 0 saturated heterocycles. The lowest BCUT2D eigenvalue weighted by Gasteiger charge is -2.10. The molecule has 0 radical (unpaired) electrons. The molecule has 0 aliphatic heterocycles. The Hall–Kier alpha value is -3.34. The maximum Gasteiger partial charge on any atom is 0.257 e. The Bertz CT molecular complexity index is 876. The smallest absolute Gasteiger partial charge is 0.257 e. The van der Waals surface area contributed by atoms with Crippen LogP contribution in [-0.2, 0) is 0 Å². The van der Waals surface area contributed by atoms with Gasteiger partial charge in [-0.05, 0) is 37.3 Å². The Morgan fingerprint density at radius 1 is 0.960 bits per heavy atom. The number of amides is 1. The second kappa shape index (κ2) is 7.49. The van der Waals surface area contributed by atoms with Crippen molar-refractivity contribution in [3.8, 4) is 5.75 Å². The number of aryl methyl sites for hydroxylation is 1. The largest absolute Gasteiger partial charge is 0.497 e. The van der Waals surface area contributed by atoms with Crippen LogP contribution in [0.3, 0.4) is 0 Å². The molecule has 3 rings (SSSR count). The zero-order valence-corrected chi connectivity index (χ0v) is 14.1. The number of nitrogens with zero attached hydrogens (tertiary/aromatic N) is 1. The fraction of sp³-hybridized carbons (Fsp3) is 0.100. The third-order valence-electron chi connectivity index (χ3n) is 3.67. The van der Waals surface area contributed by atoms with E-state index in [0.29, 0.717) is 5.56 Å². The molecule has 0 unspecified atom stereocenters. The maximum absolute atomic E-state index is 12.4. The summed E-state index contributed by atoms with van der Waals surface area (Å²) in [5.74, 6) is 0.553. The van der Waals surface area contributed by atoms with Crippen molar-refractivity contribution >= 4 is 23.0 Å². The van der Waals surface area contributed by atoms with Crippen LogP contribution in [-0.4, -0.2) is 18.0 Å². The summed E-state index contributed by atoms with van der Waals surface area (Å²) in [6, 6.07) is 17.0. The maximum atomic E-state index is 12.4. The van der Waals surface area contributed by atoms with E-state index in [1.54, 1.807) is 25.6 Å². The van der Waals surface area contributed by atoms with Gasteiger partial charge in [0.05, 0.1) is 24.6 Å². The van der Waals surface area contributed by atoms with E-state index >= 15 is 0 Å². The summed E-state index contributed by atoms with van der Waals surface area (Å²) in [6.45, 7) is 2.00. The number of pyridine rings is 1. The van der Waals surface area contributed by atoms with Gasteiger partial charge in [-0.1, -0.05) is 23.8 Å². The molecule has 0 saturated carbocycles. The quantitative estimate of drug-likeness (QED) is 0.727. The van der Waals surface area contributed by atoms with Gasteiger partial charge in [0, 0.05) is 23.6 Å². The summed E-state index contributed by atoms with van der Waals surface area (Å²) in [4.78, 5) is 16.6. The minimum atomic E-state index is -0.203. The Balaban J connectivity index is 1.74. The predicted octanol–water partition coefficient (Wildman–Crippen LogP) is 4.39. The summed E-state index contributed by atoms with van der Waals surface area (Å²) in [5, 5.41) is 6.09. The van der Waals surface area contributed by atoms with Gasteiger partial charge in [-0.2, -0.15) is 0 Å². The van der Waals surface area contributed by atoms with Crippen molar-refractivity contribution in [1.29, 1.82) is 0 Å². The molecule has 0 bridgehead atoms. The third-order valence-corrected chi connectivity index (χ3v) is 3.67. The summed E-state index contributed by atoms with van der Waals surface area (Å²) < 4.78 is 5.21. The van der Waals surface area contributed by atoms with Crippen LogP contribution in [0.4, 0.5) is 17.1 Å². The van der Waals surface area contributed by atoms with E-state index in [4.69, 9.17) is 4.74 Å². The Morgan fingerprint density at radius 3 is 2.52 bits per heavy atom. The molecule has 3 aromatic rings. The number of methoxy groups -OCH3 is 1. The SMILES string of the molecule is COc1cccc(Nc2cncc(C(=O)Nc3ccc(C)cc3)c2)c1. The van der Waals surface area contributed by atoms with E-state index in [1.165, 1.54) is 0 Å². The minimum absolute atomic E-state index is 0.203. The number of anilines is 3. The summed E-state index contributed by atoms with van der Waals surface area (Å²) in [6.07, 6.45) is 3.21. The van der Waals surface area contributed by atoms with Crippen LogP contribution in [0, 0.1) is 6.92 Å². The Labute approximate surface area is 146 Å². The molecular formula is C20H19N3O2. The minimum Gasteiger partial charge on any atom is -0.497 e. The van der Waals surface area contributed by atoms with Gasteiger partial charge in [0.25, 0.3) is 5.91 Å². The average molecular weight is 333 g/mol. The van der Waals surface area contributed by atoms with Crippen molar-refractivity contribution < 1.29 is 9.53 Å². The van der Waals surface area contributed by atoms with Gasteiger partial charge in [0.2, 0.25) is 0 Å². The molecule has 0 aliphatic rings. The van der Waals surface area contributed by atoms with Crippen molar-refractivity contribution in [3.05, 3.63) is 78.1 Å². The number of ether oxygens (including phenoxy) is 1. The van der Waals surface area contributed by atoms with E-state index in [0.717, 1.165) is 28.4 Å². The van der Waals surface area contributed by atoms with Gasteiger partial charge < -0.3 is 15.4 Å². The molecule has 0 spiro atoms. The van der Waals surface area contributed by atoms with Crippen LogP contribution in [0.15, 0.2) is 67.0 Å². The molecule has 0 fully saturated rings. The summed E-state index contributed by atoms with van der Waals surface area (Å²) in [7, 11) is 1.62. The average Bonchev–Trinajstić information content (AvgIpc) is 2.64. The molecule has 2 N–H and O–H groups in total.